The fraction of sp³-hybridized carbons (Fsp3) is 0.300. The minimum absolute atomic E-state index is 0.0568. The van der Waals surface area contributed by atoms with Crippen molar-refractivity contribution in [3.63, 3.8) is 0 Å². The van der Waals surface area contributed by atoms with Crippen molar-refractivity contribution in [3.05, 3.63) is 24.4 Å². The minimum atomic E-state index is -3.81. The van der Waals surface area contributed by atoms with Crippen molar-refractivity contribution >= 4 is 32.3 Å². The third-order valence-electron chi connectivity index (χ3n) is 2.56. The highest BCUT2D eigenvalue weighted by atomic mass is 32.2. The van der Waals surface area contributed by atoms with Crippen LogP contribution < -0.4 is 16.0 Å². The SMILES string of the molecule is CS(=O)CCNS(=O)(=O)c1c(NN)nc2ccccn12. The van der Waals surface area contributed by atoms with E-state index in [1.165, 1.54) is 10.7 Å². The predicted molar refractivity (Wildman–Crippen MR) is 77.1 cm³/mol. The van der Waals surface area contributed by atoms with Gasteiger partial charge >= 0.3 is 0 Å². The summed E-state index contributed by atoms with van der Waals surface area (Å²) in [6.07, 6.45) is 3.09. The van der Waals surface area contributed by atoms with Gasteiger partial charge in [0.2, 0.25) is 0 Å². The van der Waals surface area contributed by atoms with Gasteiger partial charge in [0.1, 0.15) is 5.65 Å². The summed E-state index contributed by atoms with van der Waals surface area (Å²) < 4.78 is 39.4. The first kappa shape index (κ1) is 14.9. The van der Waals surface area contributed by atoms with E-state index in [2.05, 4.69) is 15.1 Å². The Morgan fingerprint density at radius 3 is 2.85 bits per heavy atom. The van der Waals surface area contributed by atoms with Gasteiger partial charge in [-0.3, -0.25) is 8.61 Å². The molecule has 0 fully saturated rings. The lowest BCUT2D eigenvalue weighted by molar-refractivity contribution is 0.579. The minimum Gasteiger partial charge on any atom is -0.306 e. The summed E-state index contributed by atoms with van der Waals surface area (Å²) in [5, 5.41) is -0.0718. The maximum absolute atomic E-state index is 12.3. The highest BCUT2D eigenvalue weighted by Gasteiger charge is 2.24. The van der Waals surface area contributed by atoms with Gasteiger partial charge in [-0.15, -0.1) is 0 Å². The molecule has 4 N–H and O–H groups in total. The smallest absolute Gasteiger partial charge is 0.260 e. The molecule has 0 aliphatic rings. The maximum atomic E-state index is 12.3. The summed E-state index contributed by atoms with van der Waals surface area (Å²) in [4.78, 5) is 4.09. The standard InChI is InChI=1S/C10H15N5O3S2/c1-19(16)7-5-12-20(17,18)10-9(14-11)13-8-4-2-3-6-15(8)10/h2-4,6,12,14H,5,7,11H2,1H3. The van der Waals surface area contributed by atoms with Gasteiger partial charge in [-0.1, -0.05) is 6.07 Å². The van der Waals surface area contributed by atoms with Gasteiger partial charge in [0.05, 0.1) is 0 Å². The zero-order valence-corrected chi connectivity index (χ0v) is 12.4. The molecule has 0 saturated heterocycles. The molecular weight excluding hydrogens is 302 g/mol. The lowest BCUT2D eigenvalue weighted by Crippen LogP contribution is -2.29. The second kappa shape index (κ2) is 5.87. The average molecular weight is 317 g/mol. The number of hydrogen-bond donors (Lipinski definition) is 3. The van der Waals surface area contributed by atoms with Gasteiger partial charge < -0.3 is 5.43 Å². The van der Waals surface area contributed by atoms with E-state index in [-0.39, 0.29) is 23.1 Å². The van der Waals surface area contributed by atoms with E-state index < -0.39 is 20.8 Å². The number of sulfonamides is 1. The van der Waals surface area contributed by atoms with Crippen LogP contribution in [0.15, 0.2) is 29.4 Å². The molecule has 2 aromatic rings. The van der Waals surface area contributed by atoms with E-state index in [0.29, 0.717) is 5.65 Å². The van der Waals surface area contributed by atoms with E-state index in [1.54, 1.807) is 24.4 Å². The van der Waals surface area contributed by atoms with Crippen molar-refractivity contribution < 1.29 is 12.6 Å². The normalized spacial score (nSPS) is 13.5. The quantitative estimate of drug-likeness (QED) is 0.478. The lowest BCUT2D eigenvalue weighted by Gasteiger charge is -2.07. The number of imidazole rings is 1. The van der Waals surface area contributed by atoms with Crippen LogP contribution >= 0.6 is 0 Å². The van der Waals surface area contributed by atoms with E-state index in [4.69, 9.17) is 5.84 Å². The van der Waals surface area contributed by atoms with Crippen molar-refractivity contribution in [2.45, 2.75) is 5.03 Å². The van der Waals surface area contributed by atoms with Gasteiger partial charge in [0.15, 0.2) is 10.8 Å². The molecule has 0 aliphatic heterocycles. The molecule has 0 amide bonds. The number of nitrogens with one attached hydrogen (secondary N) is 2. The van der Waals surface area contributed by atoms with Gasteiger partial charge in [0.25, 0.3) is 10.0 Å². The molecule has 0 radical (unpaired) electrons. The van der Waals surface area contributed by atoms with Crippen LogP contribution in [0.2, 0.25) is 0 Å². The first-order valence-electron chi connectivity index (χ1n) is 5.69. The fourth-order valence-electron chi connectivity index (χ4n) is 1.71. The van der Waals surface area contributed by atoms with Crippen molar-refractivity contribution in [2.24, 2.45) is 5.84 Å². The summed E-state index contributed by atoms with van der Waals surface area (Å²) in [6, 6.07) is 5.10. The molecule has 8 nitrogen and oxygen atoms in total. The molecule has 20 heavy (non-hydrogen) atoms. The van der Waals surface area contributed by atoms with Crippen LogP contribution in [-0.4, -0.2) is 40.6 Å². The zero-order valence-electron chi connectivity index (χ0n) is 10.7. The number of anilines is 1. The van der Waals surface area contributed by atoms with Crippen molar-refractivity contribution in [1.82, 2.24) is 14.1 Å². The molecule has 0 aliphatic carbocycles. The average Bonchev–Trinajstić information content (AvgIpc) is 2.77. The number of nitrogens with two attached hydrogens (primary N) is 1. The highest BCUT2D eigenvalue weighted by molar-refractivity contribution is 7.89. The Morgan fingerprint density at radius 1 is 1.45 bits per heavy atom. The number of fused-ring (bicyclic) bond motifs is 1. The highest BCUT2D eigenvalue weighted by Crippen LogP contribution is 2.21. The molecule has 1 atom stereocenters. The van der Waals surface area contributed by atoms with E-state index >= 15 is 0 Å². The van der Waals surface area contributed by atoms with Crippen LogP contribution in [0.1, 0.15) is 0 Å². The van der Waals surface area contributed by atoms with Gasteiger partial charge in [-0.05, 0) is 12.1 Å². The van der Waals surface area contributed by atoms with Gasteiger partial charge in [-0.25, -0.2) is 24.0 Å². The molecule has 1 unspecified atom stereocenters. The number of rotatable bonds is 6. The Morgan fingerprint density at radius 2 is 2.20 bits per heavy atom. The predicted octanol–water partition coefficient (Wildman–Crippen LogP) is -0.723. The monoisotopic (exact) mass is 317 g/mol. The van der Waals surface area contributed by atoms with Gasteiger partial charge in [-0.2, -0.15) is 0 Å². The summed E-state index contributed by atoms with van der Waals surface area (Å²) in [5.74, 6) is 5.62. The number of pyridine rings is 1. The van der Waals surface area contributed by atoms with Crippen LogP contribution in [0.4, 0.5) is 5.82 Å². The summed E-state index contributed by atoms with van der Waals surface area (Å²) in [5.41, 5.74) is 2.74. The topological polar surface area (TPSA) is 119 Å². The van der Waals surface area contributed by atoms with Crippen LogP contribution in [0.25, 0.3) is 5.65 Å². The molecule has 2 aromatic heterocycles. The van der Waals surface area contributed by atoms with Gasteiger partial charge in [0, 0.05) is 35.5 Å². The van der Waals surface area contributed by atoms with Crippen molar-refractivity contribution in [2.75, 3.05) is 24.0 Å². The number of hydrazine groups is 1. The molecule has 0 saturated carbocycles. The summed E-state index contributed by atoms with van der Waals surface area (Å²) >= 11 is 0. The first-order chi connectivity index (χ1) is 9.45. The number of nitrogen functional groups attached to an aromatic ring is 1. The number of aromatic nitrogens is 2. The van der Waals surface area contributed by atoms with Crippen LogP contribution in [-0.2, 0) is 20.8 Å². The molecule has 2 rings (SSSR count). The Balaban J connectivity index is 2.42. The van der Waals surface area contributed by atoms with Crippen LogP contribution in [0.3, 0.4) is 0 Å². The summed E-state index contributed by atoms with van der Waals surface area (Å²) in [6.45, 7) is 0.0789. The van der Waals surface area contributed by atoms with E-state index in [1.807, 2.05) is 0 Å². The lowest BCUT2D eigenvalue weighted by atomic mass is 10.5. The Hall–Kier alpha value is -1.49. The van der Waals surface area contributed by atoms with E-state index in [9.17, 15) is 12.6 Å². The molecule has 0 bridgehead atoms. The zero-order chi connectivity index (χ0) is 14.8. The number of hydrogen-bond acceptors (Lipinski definition) is 6. The molecule has 10 heteroatoms. The Labute approximate surface area is 118 Å². The van der Waals surface area contributed by atoms with Crippen molar-refractivity contribution in [1.29, 1.82) is 0 Å². The largest absolute Gasteiger partial charge is 0.306 e. The molecular formula is C10H15N5O3S2. The molecule has 0 spiro atoms. The summed E-state index contributed by atoms with van der Waals surface area (Å²) in [7, 11) is -4.88. The number of nitrogens with zero attached hydrogens (tertiary/aromatic N) is 2. The second-order valence-corrected chi connectivity index (χ2v) is 7.25. The van der Waals surface area contributed by atoms with Crippen LogP contribution in [0.5, 0.6) is 0 Å². The molecule has 0 aromatic carbocycles. The molecule has 2 heterocycles. The Kier molecular flexibility index (Phi) is 4.38. The third-order valence-corrected chi connectivity index (χ3v) is 4.82. The van der Waals surface area contributed by atoms with Crippen molar-refractivity contribution in [3.8, 4) is 0 Å². The first-order valence-corrected chi connectivity index (χ1v) is 8.90. The van der Waals surface area contributed by atoms with E-state index in [0.717, 1.165) is 0 Å². The third kappa shape index (κ3) is 2.98. The fourth-order valence-corrected chi connectivity index (χ4v) is 3.51. The molecule has 110 valence electrons. The second-order valence-electron chi connectivity index (χ2n) is 4.01. The maximum Gasteiger partial charge on any atom is 0.260 e. The van der Waals surface area contributed by atoms with Crippen LogP contribution in [0, 0.1) is 0 Å². The Bertz CT molecular complexity index is 740.